The van der Waals surface area contributed by atoms with E-state index in [0.717, 1.165) is 0 Å². The average molecular weight is 475 g/mol. The number of carbonyl (C=O) groups is 3. The Morgan fingerprint density at radius 1 is 1.29 bits per heavy atom. The predicted molar refractivity (Wildman–Crippen MR) is 114 cm³/mol. The van der Waals surface area contributed by atoms with Gasteiger partial charge in [0.05, 0.1) is 18.8 Å². The molecule has 1 unspecified atom stereocenters. The summed E-state index contributed by atoms with van der Waals surface area (Å²) in [5, 5.41) is 7.58. The Hall–Kier alpha value is -3.67. The summed E-state index contributed by atoms with van der Waals surface area (Å²) in [7, 11) is 0. The average Bonchev–Trinajstić information content (AvgIpc) is 3.47. The number of rotatable bonds is 7. The molecule has 0 spiro atoms. The molecule has 2 atom stereocenters. The molecule has 180 valence electrons. The summed E-state index contributed by atoms with van der Waals surface area (Å²) in [6, 6.07) is 2.35. The second kappa shape index (κ2) is 10.1. The number of halogens is 2. The highest BCUT2D eigenvalue weighted by atomic mass is 19.1. The molecule has 1 amide bonds. The first kappa shape index (κ1) is 23.5. The van der Waals surface area contributed by atoms with Gasteiger partial charge in [0, 0.05) is 44.0 Å². The van der Waals surface area contributed by atoms with Gasteiger partial charge in [-0.1, -0.05) is 11.3 Å². The zero-order valence-electron chi connectivity index (χ0n) is 18.4. The minimum atomic E-state index is -0.983. The van der Waals surface area contributed by atoms with Gasteiger partial charge >= 0.3 is 5.97 Å². The highest BCUT2D eigenvalue weighted by Gasteiger charge is 2.34. The molecule has 2 aliphatic heterocycles. The molecule has 2 aromatic rings. The Kier molecular flexibility index (Phi) is 6.96. The number of amides is 1. The van der Waals surface area contributed by atoms with Crippen molar-refractivity contribution in [2.24, 2.45) is 0 Å². The molecule has 4 rings (SSSR count). The van der Waals surface area contributed by atoms with Crippen molar-refractivity contribution in [3.63, 3.8) is 0 Å². The van der Waals surface area contributed by atoms with Gasteiger partial charge < -0.3 is 19.3 Å². The number of benzene rings is 1. The van der Waals surface area contributed by atoms with Gasteiger partial charge in [-0.25, -0.2) is 13.5 Å². The molecule has 3 heterocycles. The second-order valence-corrected chi connectivity index (χ2v) is 7.95. The number of hydrogen-bond acceptors (Lipinski definition) is 8. The number of hydrogen-bond donors (Lipinski definition) is 0. The van der Waals surface area contributed by atoms with E-state index in [1.54, 1.807) is 17.0 Å². The maximum atomic E-state index is 15.1. The summed E-state index contributed by atoms with van der Waals surface area (Å²) in [4.78, 5) is 37.4. The summed E-state index contributed by atoms with van der Waals surface area (Å²) in [5.74, 6) is -2.48. The van der Waals surface area contributed by atoms with Gasteiger partial charge in [0.1, 0.15) is 11.6 Å². The van der Waals surface area contributed by atoms with Gasteiger partial charge in [-0.2, -0.15) is 0 Å². The van der Waals surface area contributed by atoms with Crippen molar-refractivity contribution in [3.05, 3.63) is 47.8 Å². The Morgan fingerprint density at radius 3 is 2.65 bits per heavy atom. The van der Waals surface area contributed by atoms with Crippen LogP contribution in [0, 0.1) is 11.6 Å². The first-order valence-corrected chi connectivity index (χ1v) is 10.7. The van der Waals surface area contributed by atoms with Gasteiger partial charge in [-0.15, -0.1) is 5.10 Å². The summed E-state index contributed by atoms with van der Waals surface area (Å²) in [5.41, 5.74) is 0.455. The first-order chi connectivity index (χ1) is 16.4. The number of carbonyl (C=O) groups excluding carboxylic acids is 3. The third-order valence-corrected chi connectivity index (χ3v) is 5.66. The van der Waals surface area contributed by atoms with Gasteiger partial charge in [-0.3, -0.25) is 14.4 Å². The molecule has 0 saturated carbocycles. The first-order valence-electron chi connectivity index (χ1n) is 10.7. The zero-order valence-corrected chi connectivity index (χ0v) is 18.4. The fourth-order valence-corrected chi connectivity index (χ4v) is 4.04. The number of nitrogens with zero attached hydrogens (tertiary/aromatic N) is 5. The van der Waals surface area contributed by atoms with Crippen LogP contribution in [0.25, 0.3) is 5.57 Å². The molecule has 0 radical (unpaired) electrons. The van der Waals surface area contributed by atoms with E-state index in [1.165, 1.54) is 35.1 Å². The molecular weight excluding hydrogens is 452 g/mol. The number of anilines is 1. The van der Waals surface area contributed by atoms with E-state index in [0.29, 0.717) is 18.4 Å². The maximum Gasteiger partial charge on any atom is 0.303 e. The Balaban J connectivity index is 1.47. The highest BCUT2D eigenvalue weighted by Crippen LogP contribution is 2.33. The molecule has 0 bridgehead atoms. The van der Waals surface area contributed by atoms with E-state index >= 15 is 8.78 Å². The normalized spacial score (nSPS) is 20.3. The molecule has 1 aromatic heterocycles. The summed E-state index contributed by atoms with van der Waals surface area (Å²) < 4.78 is 42.0. The van der Waals surface area contributed by atoms with Crippen molar-refractivity contribution in [1.29, 1.82) is 0 Å². The highest BCUT2D eigenvalue weighted by molar-refractivity contribution is 5.81. The van der Waals surface area contributed by atoms with Crippen LogP contribution in [0.3, 0.4) is 0 Å². The van der Waals surface area contributed by atoms with Gasteiger partial charge in [0.15, 0.2) is 19.1 Å². The molecule has 12 heteroatoms. The molecule has 2 aliphatic rings. The lowest BCUT2D eigenvalue weighted by atomic mass is 9.97. The SMILES string of the molecule is CC(=O)OCC(=O)N1CC=C(c2c(F)cc(N3C[C@H](Cn4ccnn4)OC3C=O)cc2F)CC1. The van der Waals surface area contributed by atoms with Crippen LogP contribution in [-0.2, 0) is 30.4 Å². The van der Waals surface area contributed by atoms with Crippen LogP contribution >= 0.6 is 0 Å². The second-order valence-electron chi connectivity index (χ2n) is 7.95. The molecular formula is C22H23F2N5O5. The molecule has 1 saturated heterocycles. The molecule has 10 nitrogen and oxygen atoms in total. The lowest BCUT2D eigenvalue weighted by Crippen LogP contribution is -2.37. The van der Waals surface area contributed by atoms with E-state index < -0.39 is 29.9 Å². The van der Waals surface area contributed by atoms with E-state index in [9.17, 15) is 14.4 Å². The smallest absolute Gasteiger partial charge is 0.303 e. The minimum Gasteiger partial charge on any atom is -0.456 e. The van der Waals surface area contributed by atoms with Crippen molar-refractivity contribution < 1.29 is 32.6 Å². The standard InChI is InChI=1S/C22H23F2N5O5/c1-14(31)33-13-20(32)27-5-2-15(3-6-27)22-18(23)8-16(9-19(22)24)29-11-17(34-21(29)12-30)10-28-7-4-25-26-28/h2,4,7-9,12,17,21H,3,5-6,10-11,13H2,1H3/t17-,21?/m0/s1. The summed E-state index contributed by atoms with van der Waals surface area (Å²) in [6.45, 7) is 1.80. The van der Waals surface area contributed by atoms with Crippen LogP contribution in [0.15, 0.2) is 30.6 Å². The lowest BCUT2D eigenvalue weighted by molar-refractivity contribution is -0.150. The van der Waals surface area contributed by atoms with Crippen molar-refractivity contribution in [1.82, 2.24) is 19.9 Å². The maximum absolute atomic E-state index is 15.1. The van der Waals surface area contributed by atoms with Crippen LogP contribution in [0.2, 0.25) is 0 Å². The Bertz CT molecular complexity index is 1080. The Labute approximate surface area is 193 Å². The third-order valence-electron chi connectivity index (χ3n) is 5.66. The van der Waals surface area contributed by atoms with Crippen LogP contribution in [-0.4, -0.2) is 76.6 Å². The van der Waals surface area contributed by atoms with Gasteiger partial charge in [0.25, 0.3) is 5.91 Å². The fourth-order valence-electron chi connectivity index (χ4n) is 4.04. The van der Waals surface area contributed by atoms with Gasteiger partial charge in [0.2, 0.25) is 0 Å². The largest absolute Gasteiger partial charge is 0.456 e. The van der Waals surface area contributed by atoms with E-state index in [1.807, 2.05) is 0 Å². The topological polar surface area (TPSA) is 107 Å². The lowest BCUT2D eigenvalue weighted by Gasteiger charge is -2.27. The summed E-state index contributed by atoms with van der Waals surface area (Å²) in [6.07, 6.45) is 4.17. The van der Waals surface area contributed by atoms with Crippen LogP contribution in [0.4, 0.5) is 14.5 Å². The van der Waals surface area contributed by atoms with E-state index in [-0.39, 0.29) is 49.8 Å². The van der Waals surface area contributed by atoms with Crippen molar-refractivity contribution in [2.75, 3.05) is 31.1 Å². The number of aldehydes is 1. The number of aromatic nitrogens is 3. The molecule has 1 fully saturated rings. The molecule has 34 heavy (non-hydrogen) atoms. The number of esters is 1. The molecule has 0 aliphatic carbocycles. The van der Waals surface area contributed by atoms with Crippen molar-refractivity contribution in [3.8, 4) is 0 Å². The van der Waals surface area contributed by atoms with Crippen molar-refractivity contribution in [2.45, 2.75) is 32.2 Å². The minimum absolute atomic E-state index is 0.146. The summed E-state index contributed by atoms with van der Waals surface area (Å²) >= 11 is 0. The van der Waals surface area contributed by atoms with Crippen LogP contribution in [0.1, 0.15) is 18.9 Å². The quantitative estimate of drug-likeness (QED) is 0.434. The fraction of sp³-hybridized carbons (Fsp3) is 0.409. The van der Waals surface area contributed by atoms with Crippen LogP contribution in [0.5, 0.6) is 0 Å². The monoisotopic (exact) mass is 475 g/mol. The van der Waals surface area contributed by atoms with Gasteiger partial charge in [-0.05, 0) is 24.1 Å². The Morgan fingerprint density at radius 2 is 2.06 bits per heavy atom. The predicted octanol–water partition coefficient (Wildman–Crippen LogP) is 1.17. The van der Waals surface area contributed by atoms with Crippen molar-refractivity contribution >= 4 is 29.4 Å². The van der Waals surface area contributed by atoms with Crippen LogP contribution < -0.4 is 4.90 Å². The van der Waals surface area contributed by atoms with E-state index in [4.69, 9.17) is 9.47 Å². The number of ether oxygens (including phenoxy) is 2. The molecule has 1 aromatic carbocycles. The third kappa shape index (κ3) is 5.11. The molecule has 0 N–H and O–H groups in total. The van der Waals surface area contributed by atoms with E-state index in [2.05, 4.69) is 10.3 Å². The zero-order chi connectivity index (χ0) is 24.2.